The molecule has 0 saturated heterocycles. The summed E-state index contributed by atoms with van der Waals surface area (Å²) in [5, 5.41) is 9.13. The molecular formula is C8H19O2Si. The van der Waals surface area contributed by atoms with E-state index >= 15 is 0 Å². The van der Waals surface area contributed by atoms with Gasteiger partial charge in [0.05, 0.1) is 6.10 Å². The molecule has 0 rings (SSSR count). The summed E-state index contributed by atoms with van der Waals surface area (Å²) in [5.74, 6) is 0. The van der Waals surface area contributed by atoms with Crippen LogP contribution < -0.4 is 0 Å². The third-order valence-electron chi connectivity index (χ3n) is 1.32. The maximum atomic E-state index is 9.13. The number of aliphatic hydroxyl groups excluding tert-OH is 1. The Balaban J connectivity index is 3.28. The van der Waals surface area contributed by atoms with Gasteiger partial charge in [-0.05, 0) is 32.5 Å². The van der Waals surface area contributed by atoms with Crippen LogP contribution in [0.4, 0.5) is 0 Å². The Morgan fingerprint density at radius 3 is 2.36 bits per heavy atom. The Kier molecular flexibility index (Phi) is 4.96. The maximum absolute atomic E-state index is 9.13. The van der Waals surface area contributed by atoms with Gasteiger partial charge in [0, 0.05) is 6.61 Å². The molecular weight excluding hydrogens is 156 g/mol. The molecule has 0 aromatic rings. The Bertz CT molecular complexity index is 98.8. The van der Waals surface area contributed by atoms with Crippen molar-refractivity contribution in [3.8, 4) is 0 Å². The van der Waals surface area contributed by atoms with Gasteiger partial charge in [-0.25, -0.2) is 0 Å². The van der Waals surface area contributed by atoms with Gasteiger partial charge in [-0.1, -0.05) is 6.92 Å². The van der Waals surface area contributed by atoms with E-state index in [9.17, 15) is 0 Å². The molecule has 1 N–H and O–H groups in total. The van der Waals surface area contributed by atoms with Crippen LogP contribution in [-0.4, -0.2) is 26.1 Å². The second-order valence-electron chi connectivity index (χ2n) is 3.69. The van der Waals surface area contributed by atoms with Crippen molar-refractivity contribution in [1.82, 2.24) is 0 Å². The summed E-state index contributed by atoms with van der Waals surface area (Å²) in [5.41, 5.74) is 0. The molecule has 0 aromatic carbocycles. The highest BCUT2D eigenvalue weighted by molar-refractivity contribution is 6.69. The minimum atomic E-state index is -1.37. The zero-order valence-corrected chi connectivity index (χ0v) is 8.76. The normalized spacial score (nSPS) is 15.0. The molecule has 0 fully saturated rings. The van der Waals surface area contributed by atoms with Gasteiger partial charge in [-0.2, -0.15) is 0 Å². The van der Waals surface area contributed by atoms with Crippen LogP contribution in [0.25, 0.3) is 0 Å². The summed E-state index contributed by atoms with van der Waals surface area (Å²) in [7, 11) is -1.37. The van der Waals surface area contributed by atoms with Crippen molar-refractivity contribution in [1.29, 1.82) is 0 Å². The third-order valence-corrected chi connectivity index (χ3v) is 2.39. The van der Waals surface area contributed by atoms with Crippen molar-refractivity contribution >= 4 is 8.32 Å². The first kappa shape index (κ1) is 11.1. The van der Waals surface area contributed by atoms with Gasteiger partial charge in [-0.3, -0.25) is 0 Å². The molecule has 11 heavy (non-hydrogen) atoms. The van der Waals surface area contributed by atoms with E-state index in [0.717, 1.165) is 0 Å². The maximum Gasteiger partial charge on any atom is 0.183 e. The second kappa shape index (κ2) is 4.90. The van der Waals surface area contributed by atoms with Crippen molar-refractivity contribution in [3.05, 3.63) is 6.92 Å². The van der Waals surface area contributed by atoms with Crippen LogP contribution in [0.2, 0.25) is 19.6 Å². The molecule has 0 aliphatic carbocycles. The monoisotopic (exact) mass is 175 g/mol. The van der Waals surface area contributed by atoms with E-state index in [0.29, 0.717) is 19.4 Å². The summed E-state index contributed by atoms with van der Waals surface area (Å²) >= 11 is 0. The molecule has 67 valence electrons. The Morgan fingerprint density at radius 1 is 1.45 bits per heavy atom. The van der Waals surface area contributed by atoms with Crippen molar-refractivity contribution in [2.24, 2.45) is 0 Å². The van der Waals surface area contributed by atoms with Gasteiger partial charge in [0.2, 0.25) is 0 Å². The van der Waals surface area contributed by atoms with Crippen LogP contribution in [0.1, 0.15) is 12.8 Å². The molecule has 1 unspecified atom stereocenters. The predicted octanol–water partition coefficient (Wildman–Crippen LogP) is 1.81. The lowest BCUT2D eigenvalue weighted by atomic mass is 10.2. The van der Waals surface area contributed by atoms with E-state index in [2.05, 4.69) is 26.6 Å². The molecule has 1 radical (unpaired) electrons. The highest BCUT2D eigenvalue weighted by Crippen LogP contribution is 2.05. The van der Waals surface area contributed by atoms with E-state index in [1.54, 1.807) is 0 Å². The topological polar surface area (TPSA) is 29.5 Å². The van der Waals surface area contributed by atoms with E-state index < -0.39 is 8.32 Å². The summed E-state index contributed by atoms with van der Waals surface area (Å²) in [6, 6.07) is 0. The summed E-state index contributed by atoms with van der Waals surface area (Å²) in [6.07, 6.45) is 1.01. The predicted molar refractivity (Wildman–Crippen MR) is 49.9 cm³/mol. The van der Waals surface area contributed by atoms with Gasteiger partial charge in [0.25, 0.3) is 0 Å². The zero-order chi connectivity index (χ0) is 8.91. The summed E-state index contributed by atoms with van der Waals surface area (Å²) < 4.78 is 5.55. The van der Waals surface area contributed by atoms with Crippen LogP contribution in [0.3, 0.4) is 0 Å². The van der Waals surface area contributed by atoms with Crippen LogP contribution >= 0.6 is 0 Å². The molecule has 3 heteroatoms. The molecule has 0 heterocycles. The molecule has 0 aromatic heterocycles. The quantitative estimate of drug-likeness (QED) is 0.646. The Morgan fingerprint density at radius 2 is 2.00 bits per heavy atom. The lowest BCUT2D eigenvalue weighted by molar-refractivity contribution is 0.139. The second-order valence-corrected chi connectivity index (χ2v) is 8.21. The van der Waals surface area contributed by atoms with Crippen LogP contribution in [0, 0.1) is 6.92 Å². The first-order chi connectivity index (χ1) is 4.95. The van der Waals surface area contributed by atoms with Gasteiger partial charge in [-0.15, -0.1) is 0 Å². The SMILES string of the molecule is [CH2]CC(O)CCO[Si](C)(C)C. The van der Waals surface area contributed by atoms with Crippen molar-refractivity contribution in [2.75, 3.05) is 6.61 Å². The molecule has 0 aliphatic rings. The molecule has 0 bridgehead atoms. The van der Waals surface area contributed by atoms with Crippen LogP contribution in [0.5, 0.6) is 0 Å². The average Bonchev–Trinajstić information content (AvgIpc) is 1.85. The average molecular weight is 175 g/mol. The number of aliphatic hydroxyl groups is 1. The number of hydrogen-bond donors (Lipinski definition) is 1. The van der Waals surface area contributed by atoms with E-state index in [4.69, 9.17) is 9.53 Å². The highest BCUT2D eigenvalue weighted by atomic mass is 28.4. The van der Waals surface area contributed by atoms with Crippen LogP contribution in [-0.2, 0) is 4.43 Å². The molecule has 0 saturated carbocycles. The number of rotatable bonds is 5. The fourth-order valence-electron chi connectivity index (χ4n) is 0.645. The Labute approximate surface area is 70.7 Å². The fourth-order valence-corrected chi connectivity index (χ4v) is 1.38. The molecule has 1 atom stereocenters. The zero-order valence-electron chi connectivity index (χ0n) is 7.76. The molecule has 2 nitrogen and oxygen atoms in total. The molecule has 0 spiro atoms. The smallest absolute Gasteiger partial charge is 0.183 e. The first-order valence-electron chi connectivity index (χ1n) is 4.07. The van der Waals surface area contributed by atoms with Gasteiger partial charge in [0.1, 0.15) is 0 Å². The summed E-state index contributed by atoms with van der Waals surface area (Å²) in [4.78, 5) is 0. The van der Waals surface area contributed by atoms with Gasteiger partial charge in [0.15, 0.2) is 8.32 Å². The minimum absolute atomic E-state index is 0.286. The fraction of sp³-hybridized carbons (Fsp3) is 0.875. The first-order valence-corrected chi connectivity index (χ1v) is 7.48. The largest absolute Gasteiger partial charge is 0.418 e. The van der Waals surface area contributed by atoms with Gasteiger partial charge < -0.3 is 9.53 Å². The molecule has 0 amide bonds. The summed E-state index contributed by atoms with van der Waals surface area (Å²) in [6.45, 7) is 10.7. The van der Waals surface area contributed by atoms with E-state index in [1.165, 1.54) is 0 Å². The van der Waals surface area contributed by atoms with E-state index in [-0.39, 0.29) is 6.10 Å². The van der Waals surface area contributed by atoms with Crippen molar-refractivity contribution in [2.45, 2.75) is 38.6 Å². The van der Waals surface area contributed by atoms with Crippen LogP contribution in [0.15, 0.2) is 0 Å². The van der Waals surface area contributed by atoms with Crippen molar-refractivity contribution < 1.29 is 9.53 Å². The minimum Gasteiger partial charge on any atom is -0.418 e. The van der Waals surface area contributed by atoms with E-state index in [1.807, 2.05) is 0 Å². The number of hydrogen-bond acceptors (Lipinski definition) is 2. The van der Waals surface area contributed by atoms with Gasteiger partial charge >= 0.3 is 0 Å². The lowest BCUT2D eigenvalue weighted by Crippen LogP contribution is -2.27. The lowest BCUT2D eigenvalue weighted by Gasteiger charge is -2.18. The standard InChI is InChI=1S/C8H19O2Si/c1-5-8(9)6-7-10-11(2,3)4/h8-9H,1,5-7H2,2-4H3. The molecule has 0 aliphatic heterocycles. The Hall–Kier alpha value is 0.137. The van der Waals surface area contributed by atoms with Crippen molar-refractivity contribution in [3.63, 3.8) is 0 Å². The highest BCUT2D eigenvalue weighted by Gasteiger charge is 2.14. The third kappa shape index (κ3) is 8.04.